The number of hydrogen-bond acceptors (Lipinski definition) is 6. The number of rotatable bonds is 7. The van der Waals surface area contributed by atoms with Gasteiger partial charge in [-0.15, -0.1) is 0 Å². The van der Waals surface area contributed by atoms with Crippen molar-refractivity contribution in [2.24, 2.45) is 0 Å². The highest BCUT2D eigenvalue weighted by molar-refractivity contribution is 5.83. The molecule has 0 aromatic heterocycles. The zero-order valence-corrected chi connectivity index (χ0v) is 14.9. The van der Waals surface area contributed by atoms with Gasteiger partial charge in [0.15, 0.2) is 19.0 Å². The maximum absolute atomic E-state index is 11.8. The van der Waals surface area contributed by atoms with Crippen LogP contribution in [0.1, 0.15) is 11.1 Å². The van der Waals surface area contributed by atoms with Crippen molar-refractivity contribution in [1.29, 1.82) is 0 Å². The van der Waals surface area contributed by atoms with E-state index in [1.807, 2.05) is 32.0 Å². The Balaban J connectivity index is 1.76. The fraction of sp³-hybridized carbons (Fsp3) is 0.222. The molecule has 0 bridgehead atoms. The maximum Gasteiger partial charge on any atom is 0.310 e. The highest BCUT2D eigenvalue weighted by Crippen LogP contribution is 2.25. The minimum Gasteiger partial charge on any atom is -0.483 e. The van der Waals surface area contributed by atoms with E-state index in [1.54, 1.807) is 6.07 Å². The van der Waals surface area contributed by atoms with Gasteiger partial charge in [-0.05, 0) is 37.1 Å². The van der Waals surface area contributed by atoms with Crippen LogP contribution >= 0.6 is 0 Å². The number of amides is 2. The first-order valence-electron chi connectivity index (χ1n) is 8.01. The molecule has 0 saturated carbocycles. The van der Waals surface area contributed by atoms with Crippen LogP contribution in [0.5, 0.6) is 11.5 Å². The first kappa shape index (κ1) is 19.7. The molecule has 0 atom stereocenters. The fourth-order valence-corrected chi connectivity index (χ4v) is 2.09. The lowest BCUT2D eigenvalue weighted by molar-refractivity contribution is -0.385. The van der Waals surface area contributed by atoms with Gasteiger partial charge in [-0.1, -0.05) is 24.3 Å². The van der Waals surface area contributed by atoms with E-state index in [0.29, 0.717) is 5.75 Å². The molecule has 2 amide bonds. The quantitative estimate of drug-likeness (QED) is 0.564. The summed E-state index contributed by atoms with van der Waals surface area (Å²) in [7, 11) is 0. The molecule has 2 rings (SSSR count). The lowest BCUT2D eigenvalue weighted by Crippen LogP contribution is -2.45. The number of nitrogens with zero attached hydrogens (tertiary/aromatic N) is 1. The van der Waals surface area contributed by atoms with Crippen LogP contribution in [-0.4, -0.2) is 30.0 Å². The van der Waals surface area contributed by atoms with E-state index in [4.69, 9.17) is 9.47 Å². The molecule has 0 aliphatic rings. The zero-order valence-electron chi connectivity index (χ0n) is 14.9. The van der Waals surface area contributed by atoms with E-state index in [0.717, 1.165) is 11.1 Å². The highest BCUT2D eigenvalue weighted by Gasteiger charge is 2.15. The predicted molar refractivity (Wildman–Crippen MR) is 96.3 cm³/mol. The third kappa shape index (κ3) is 5.99. The van der Waals surface area contributed by atoms with Crippen LogP contribution < -0.4 is 20.3 Å². The van der Waals surface area contributed by atoms with E-state index in [9.17, 15) is 19.7 Å². The number of hydrogen-bond donors (Lipinski definition) is 2. The molecule has 2 N–H and O–H groups in total. The molecule has 0 unspecified atom stereocenters. The Kier molecular flexibility index (Phi) is 6.70. The molecule has 0 spiro atoms. The molecular weight excluding hydrogens is 354 g/mol. The van der Waals surface area contributed by atoms with Crippen molar-refractivity contribution in [3.63, 3.8) is 0 Å². The van der Waals surface area contributed by atoms with Gasteiger partial charge in [-0.25, -0.2) is 0 Å². The molecule has 9 heteroatoms. The summed E-state index contributed by atoms with van der Waals surface area (Å²) in [6.45, 7) is 2.98. The molecule has 0 fully saturated rings. The zero-order chi connectivity index (χ0) is 19.8. The van der Waals surface area contributed by atoms with E-state index >= 15 is 0 Å². The molecule has 0 heterocycles. The fourth-order valence-electron chi connectivity index (χ4n) is 2.09. The molecule has 2 aromatic rings. The standard InChI is InChI=1S/C18H19N3O6/c1-12-7-8-13(2)16(9-12)27-11-18(23)20-19-17(22)10-26-15-6-4-3-5-14(15)21(24)25/h3-9H,10-11H2,1-2H3,(H,19,22)(H,20,23). The van der Waals surface area contributed by atoms with Crippen molar-refractivity contribution in [3.8, 4) is 11.5 Å². The maximum atomic E-state index is 11.8. The first-order valence-corrected chi connectivity index (χ1v) is 8.01. The Morgan fingerprint density at radius 2 is 1.56 bits per heavy atom. The summed E-state index contributed by atoms with van der Waals surface area (Å²) in [6, 6.07) is 11.3. The average Bonchev–Trinajstić information content (AvgIpc) is 2.65. The molecule has 9 nitrogen and oxygen atoms in total. The van der Waals surface area contributed by atoms with Crippen LogP contribution in [0.3, 0.4) is 0 Å². The van der Waals surface area contributed by atoms with Crippen molar-refractivity contribution in [2.75, 3.05) is 13.2 Å². The number of para-hydroxylation sites is 2. The second-order valence-electron chi connectivity index (χ2n) is 5.67. The van der Waals surface area contributed by atoms with Gasteiger partial charge in [-0.2, -0.15) is 0 Å². The van der Waals surface area contributed by atoms with Crippen molar-refractivity contribution in [3.05, 3.63) is 63.7 Å². The van der Waals surface area contributed by atoms with E-state index < -0.39 is 23.3 Å². The van der Waals surface area contributed by atoms with Crippen molar-refractivity contribution >= 4 is 17.5 Å². The van der Waals surface area contributed by atoms with E-state index in [1.165, 1.54) is 18.2 Å². The SMILES string of the molecule is Cc1ccc(C)c(OCC(=O)NNC(=O)COc2ccccc2[N+](=O)[O-])c1. The van der Waals surface area contributed by atoms with Crippen molar-refractivity contribution in [2.45, 2.75) is 13.8 Å². The smallest absolute Gasteiger partial charge is 0.310 e. The number of benzene rings is 2. The number of nitrogens with one attached hydrogen (secondary N) is 2. The van der Waals surface area contributed by atoms with Crippen LogP contribution in [-0.2, 0) is 9.59 Å². The van der Waals surface area contributed by atoms with Gasteiger partial charge >= 0.3 is 5.69 Å². The monoisotopic (exact) mass is 373 g/mol. The topological polar surface area (TPSA) is 120 Å². The predicted octanol–water partition coefficient (Wildman–Crippen LogP) is 1.82. The van der Waals surface area contributed by atoms with Gasteiger partial charge in [-0.3, -0.25) is 30.6 Å². The Bertz CT molecular complexity index is 853. The van der Waals surface area contributed by atoms with Crippen LogP contribution in [0.15, 0.2) is 42.5 Å². The number of nitro groups is 1. The van der Waals surface area contributed by atoms with Gasteiger partial charge in [0.1, 0.15) is 5.75 Å². The third-order valence-electron chi connectivity index (χ3n) is 3.46. The second-order valence-corrected chi connectivity index (χ2v) is 5.67. The molecule has 0 saturated heterocycles. The normalized spacial score (nSPS) is 10.0. The van der Waals surface area contributed by atoms with Crippen molar-refractivity contribution in [1.82, 2.24) is 10.9 Å². The minimum atomic E-state index is -0.673. The number of aryl methyl sites for hydroxylation is 2. The molecule has 0 aliphatic carbocycles. The number of carbonyl (C=O) groups excluding carboxylic acids is 2. The van der Waals surface area contributed by atoms with Gasteiger partial charge < -0.3 is 9.47 Å². The van der Waals surface area contributed by atoms with Crippen molar-refractivity contribution < 1.29 is 24.0 Å². The number of ether oxygens (including phenoxy) is 2. The number of carbonyl (C=O) groups is 2. The van der Waals surface area contributed by atoms with Gasteiger partial charge in [0.25, 0.3) is 11.8 Å². The van der Waals surface area contributed by atoms with E-state index in [2.05, 4.69) is 10.9 Å². The molecule has 27 heavy (non-hydrogen) atoms. The molecular formula is C18H19N3O6. The highest BCUT2D eigenvalue weighted by atomic mass is 16.6. The Labute approximate surface area is 155 Å². The Hall–Kier alpha value is -3.62. The van der Waals surface area contributed by atoms with E-state index in [-0.39, 0.29) is 18.0 Å². The largest absolute Gasteiger partial charge is 0.483 e. The first-order chi connectivity index (χ1) is 12.9. The summed E-state index contributed by atoms with van der Waals surface area (Å²) in [6.07, 6.45) is 0. The Morgan fingerprint density at radius 1 is 0.963 bits per heavy atom. The molecule has 142 valence electrons. The third-order valence-corrected chi connectivity index (χ3v) is 3.46. The Morgan fingerprint density at radius 3 is 2.19 bits per heavy atom. The van der Waals surface area contributed by atoms with Gasteiger partial charge in [0, 0.05) is 6.07 Å². The van der Waals surface area contributed by atoms with Crippen LogP contribution in [0.25, 0.3) is 0 Å². The molecule has 0 radical (unpaired) electrons. The number of hydrazine groups is 1. The molecule has 0 aliphatic heterocycles. The number of nitro benzene ring substituents is 1. The van der Waals surface area contributed by atoms with Crippen LogP contribution in [0.4, 0.5) is 5.69 Å². The summed E-state index contributed by atoms with van der Waals surface area (Å²) in [5.41, 5.74) is 5.96. The van der Waals surface area contributed by atoms with Crippen LogP contribution in [0, 0.1) is 24.0 Å². The lowest BCUT2D eigenvalue weighted by atomic mass is 10.1. The molecule has 2 aromatic carbocycles. The lowest BCUT2D eigenvalue weighted by Gasteiger charge is -2.11. The van der Waals surface area contributed by atoms with Crippen LogP contribution in [0.2, 0.25) is 0 Å². The second kappa shape index (κ2) is 9.18. The van der Waals surface area contributed by atoms with Gasteiger partial charge in [0.2, 0.25) is 0 Å². The summed E-state index contributed by atoms with van der Waals surface area (Å²) < 4.78 is 10.5. The summed E-state index contributed by atoms with van der Waals surface area (Å²) in [5.74, 6) is -0.693. The average molecular weight is 373 g/mol. The summed E-state index contributed by atoms with van der Waals surface area (Å²) >= 11 is 0. The van der Waals surface area contributed by atoms with Gasteiger partial charge in [0.05, 0.1) is 4.92 Å². The summed E-state index contributed by atoms with van der Waals surface area (Å²) in [5, 5.41) is 10.9. The summed E-state index contributed by atoms with van der Waals surface area (Å²) in [4.78, 5) is 33.7. The minimum absolute atomic E-state index is 0.0396.